The van der Waals surface area contributed by atoms with Gasteiger partial charge in [-0.1, -0.05) is 29.3 Å². The van der Waals surface area contributed by atoms with E-state index in [0.717, 1.165) is 18.5 Å². The Hall–Kier alpha value is -1.69. The van der Waals surface area contributed by atoms with Crippen LogP contribution in [0.1, 0.15) is 29.4 Å². The van der Waals surface area contributed by atoms with Gasteiger partial charge in [-0.25, -0.2) is 4.39 Å². The van der Waals surface area contributed by atoms with Gasteiger partial charge in [-0.15, -0.1) is 0 Å². The Morgan fingerprint density at radius 1 is 1.42 bits per heavy atom. The SMILES string of the molecule is CCCc1cc(NC(=O)c2cc(F)cc(Br)c2)n[nH]1. The van der Waals surface area contributed by atoms with Crippen molar-refractivity contribution in [2.24, 2.45) is 0 Å². The van der Waals surface area contributed by atoms with E-state index in [1.165, 1.54) is 12.1 Å². The van der Waals surface area contributed by atoms with E-state index in [0.29, 0.717) is 10.3 Å². The maximum absolute atomic E-state index is 13.2. The Labute approximate surface area is 118 Å². The summed E-state index contributed by atoms with van der Waals surface area (Å²) in [5.74, 6) is -0.420. The first-order chi connectivity index (χ1) is 9.08. The number of carbonyl (C=O) groups excluding carboxylic acids is 1. The number of nitrogens with zero attached hydrogens (tertiary/aromatic N) is 1. The summed E-state index contributed by atoms with van der Waals surface area (Å²) in [5, 5.41) is 9.44. The highest BCUT2D eigenvalue weighted by atomic mass is 79.9. The molecular weight excluding hydrogens is 313 g/mol. The molecule has 0 spiro atoms. The normalized spacial score (nSPS) is 10.5. The molecule has 1 amide bonds. The zero-order valence-corrected chi connectivity index (χ0v) is 11.9. The van der Waals surface area contributed by atoms with Crippen LogP contribution in [0.3, 0.4) is 0 Å². The number of aryl methyl sites for hydroxylation is 1. The third kappa shape index (κ3) is 3.64. The standard InChI is InChI=1S/C13H13BrFN3O/c1-2-3-11-7-12(18-17-11)16-13(19)8-4-9(14)6-10(15)5-8/h4-7H,2-3H2,1H3,(H2,16,17,18,19). The van der Waals surface area contributed by atoms with Crippen molar-refractivity contribution in [2.75, 3.05) is 5.32 Å². The van der Waals surface area contributed by atoms with E-state index in [9.17, 15) is 9.18 Å². The molecule has 100 valence electrons. The number of aromatic amines is 1. The second-order valence-electron chi connectivity index (χ2n) is 4.14. The second kappa shape index (κ2) is 5.97. The second-order valence-corrected chi connectivity index (χ2v) is 5.06. The summed E-state index contributed by atoms with van der Waals surface area (Å²) < 4.78 is 13.7. The molecule has 2 N–H and O–H groups in total. The van der Waals surface area contributed by atoms with Crippen LogP contribution >= 0.6 is 15.9 Å². The van der Waals surface area contributed by atoms with Crippen molar-refractivity contribution in [3.05, 3.63) is 45.8 Å². The Bertz CT molecular complexity index is 577. The molecule has 1 aromatic carbocycles. The highest BCUT2D eigenvalue weighted by Gasteiger charge is 2.10. The molecular formula is C13H13BrFN3O. The van der Waals surface area contributed by atoms with E-state index in [2.05, 4.69) is 38.4 Å². The first-order valence-corrected chi connectivity index (χ1v) is 6.69. The van der Waals surface area contributed by atoms with Gasteiger partial charge in [-0.2, -0.15) is 5.10 Å². The first-order valence-electron chi connectivity index (χ1n) is 5.90. The number of hydrogen-bond donors (Lipinski definition) is 2. The van der Waals surface area contributed by atoms with Gasteiger partial charge in [0.1, 0.15) is 5.82 Å². The fourth-order valence-electron chi connectivity index (χ4n) is 1.70. The molecule has 2 aromatic rings. The van der Waals surface area contributed by atoms with E-state index in [1.807, 2.05) is 0 Å². The number of amides is 1. The fourth-order valence-corrected chi connectivity index (χ4v) is 2.16. The molecule has 0 aliphatic heterocycles. The van der Waals surface area contributed by atoms with Gasteiger partial charge in [-0.3, -0.25) is 9.89 Å². The highest BCUT2D eigenvalue weighted by Crippen LogP contribution is 2.16. The quantitative estimate of drug-likeness (QED) is 0.903. The summed E-state index contributed by atoms with van der Waals surface area (Å²) in [6.07, 6.45) is 1.86. The van der Waals surface area contributed by atoms with Crippen molar-refractivity contribution in [2.45, 2.75) is 19.8 Å². The molecule has 0 aliphatic rings. The maximum Gasteiger partial charge on any atom is 0.257 e. The molecule has 0 unspecified atom stereocenters. The molecule has 0 radical (unpaired) electrons. The van der Waals surface area contributed by atoms with Crippen LogP contribution in [0.4, 0.5) is 10.2 Å². The Balaban J connectivity index is 2.11. The minimum atomic E-state index is -0.465. The highest BCUT2D eigenvalue weighted by molar-refractivity contribution is 9.10. The fraction of sp³-hybridized carbons (Fsp3) is 0.231. The van der Waals surface area contributed by atoms with Crippen LogP contribution in [0.25, 0.3) is 0 Å². The zero-order chi connectivity index (χ0) is 13.8. The molecule has 0 atom stereocenters. The number of aromatic nitrogens is 2. The van der Waals surface area contributed by atoms with Crippen molar-refractivity contribution in [3.63, 3.8) is 0 Å². The van der Waals surface area contributed by atoms with Crippen LogP contribution < -0.4 is 5.32 Å². The average molecular weight is 326 g/mol. The summed E-state index contributed by atoms with van der Waals surface area (Å²) in [6.45, 7) is 2.06. The smallest absolute Gasteiger partial charge is 0.257 e. The number of rotatable bonds is 4. The number of anilines is 1. The van der Waals surface area contributed by atoms with Crippen LogP contribution in [0, 0.1) is 5.82 Å². The zero-order valence-electron chi connectivity index (χ0n) is 10.3. The van der Waals surface area contributed by atoms with Crippen LogP contribution in [0.15, 0.2) is 28.7 Å². The number of nitrogens with one attached hydrogen (secondary N) is 2. The predicted molar refractivity (Wildman–Crippen MR) is 74.6 cm³/mol. The van der Waals surface area contributed by atoms with Gasteiger partial charge in [-0.05, 0) is 24.6 Å². The topological polar surface area (TPSA) is 57.8 Å². The maximum atomic E-state index is 13.2. The van der Waals surface area contributed by atoms with Crippen LogP contribution in [0.5, 0.6) is 0 Å². The molecule has 1 aromatic heterocycles. The average Bonchev–Trinajstić information content (AvgIpc) is 2.76. The molecule has 2 rings (SSSR count). The molecule has 0 aliphatic carbocycles. The van der Waals surface area contributed by atoms with Crippen molar-refractivity contribution in [1.82, 2.24) is 10.2 Å². The third-order valence-electron chi connectivity index (χ3n) is 2.52. The number of benzene rings is 1. The van der Waals surface area contributed by atoms with Gasteiger partial charge in [0.15, 0.2) is 5.82 Å². The van der Waals surface area contributed by atoms with Crippen molar-refractivity contribution in [3.8, 4) is 0 Å². The number of halogens is 2. The lowest BCUT2D eigenvalue weighted by atomic mass is 10.2. The van der Waals surface area contributed by atoms with Gasteiger partial charge in [0.25, 0.3) is 5.91 Å². The van der Waals surface area contributed by atoms with Gasteiger partial charge in [0, 0.05) is 21.8 Å². The summed E-state index contributed by atoms with van der Waals surface area (Å²) in [5.41, 5.74) is 1.20. The Morgan fingerprint density at radius 2 is 2.21 bits per heavy atom. The molecule has 0 bridgehead atoms. The van der Waals surface area contributed by atoms with E-state index < -0.39 is 11.7 Å². The van der Waals surface area contributed by atoms with E-state index in [1.54, 1.807) is 12.1 Å². The molecule has 1 heterocycles. The largest absolute Gasteiger partial charge is 0.305 e. The minimum absolute atomic E-state index is 0.243. The molecule has 0 saturated carbocycles. The van der Waals surface area contributed by atoms with E-state index in [-0.39, 0.29) is 5.56 Å². The van der Waals surface area contributed by atoms with E-state index in [4.69, 9.17) is 0 Å². The predicted octanol–water partition coefficient (Wildman–Crippen LogP) is 3.52. The van der Waals surface area contributed by atoms with Gasteiger partial charge in [0.05, 0.1) is 0 Å². The number of H-pyrrole nitrogens is 1. The summed E-state index contributed by atoms with van der Waals surface area (Å²) >= 11 is 3.15. The molecule has 4 nitrogen and oxygen atoms in total. The summed E-state index contributed by atoms with van der Waals surface area (Å²) in [4.78, 5) is 11.9. The van der Waals surface area contributed by atoms with Gasteiger partial charge < -0.3 is 5.32 Å². The number of hydrogen-bond acceptors (Lipinski definition) is 2. The lowest BCUT2D eigenvalue weighted by Crippen LogP contribution is -2.12. The van der Waals surface area contributed by atoms with Crippen molar-refractivity contribution >= 4 is 27.7 Å². The van der Waals surface area contributed by atoms with Crippen LogP contribution in [-0.2, 0) is 6.42 Å². The Morgan fingerprint density at radius 3 is 2.89 bits per heavy atom. The molecule has 0 saturated heterocycles. The Kier molecular flexibility index (Phi) is 4.31. The lowest BCUT2D eigenvalue weighted by Gasteiger charge is -2.02. The summed E-state index contributed by atoms with van der Waals surface area (Å²) in [7, 11) is 0. The van der Waals surface area contributed by atoms with Gasteiger partial charge >= 0.3 is 0 Å². The third-order valence-corrected chi connectivity index (χ3v) is 2.97. The van der Waals surface area contributed by atoms with Crippen molar-refractivity contribution in [1.29, 1.82) is 0 Å². The van der Waals surface area contributed by atoms with Crippen LogP contribution in [-0.4, -0.2) is 16.1 Å². The van der Waals surface area contributed by atoms with E-state index >= 15 is 0 Å². The van der Waals surface area contributed by atoms with Gasteiger partial charge in [0.2, 0.25) is 0 Å². The monoisotopic (exact) mass is 325 g/mol. The van der Waals surface area contributed by atoms with Crippen molar-refractivity contribution < 1.29 is 9.18 Å². The number of carbonyl (C=O) groups is 1. The first kappa shape index (κ1) is 13.7. The molecule has 19 heavy (non-hydrogen) atoms. The summed E-state index contributed by atoms with van der Waals surface area (Å²) in [6, 6.07) is 5.80. The van der Waals surface area contributed by atoms with Crippen LogP contribution in [0.2, 0.25) is 0 Å². The molecule has 6 heteroatoms. The minimum Gasteiger partial charge on any atom is -0.305 e. The lowest BCUT2D eigenvalue weighted by molar-refractivity contribution is 0.102. The molecule has 0 fully saturated rings.